The summed E-state index contributed by atoms with van der Waals surface area (Å²) in [6.07, 6.45) is 5.54. The number of esters is 1. The van der Waals surface area contributed by atoms with Gasteiger partial charge in [0.05, 0.1) is 0 Å². The van der Waals surface area contributed by atoms with Gasteiger partial charge in [-0.1, -0.05) is 12.5 Å². The third kappa shape index (κ3) is 4.95. The molecule has 0 radical (unpaired) electrons. The predicted octanol–water partition coefficient (Wildman–Crippen LogP) is 3.17. The first-order valence-corrected chi connectivity index (χ1v) is 9.79. The van der Waals surface area contributed by atoms with Crippen LogP contribution in [0.5, 0.6) is 0 Å². The molecule has 0 atom stereocenters. The van der Waals surface area contributed by atoms with E-state index in [-0.39, 0.29) is 12.5 Å². The van der Waals surface area contributed by atoms with Crippen molar-refractivity contribution in [1.29, 1.82) is 0 Å². The van der Waals surface area contributed by atoms with Crippen LogP contribution < -0.4 is 10.6 Å². The fraction of sp³-hybridized carbons (Fsp3) is 0.350. The van der Waals surface area contributed by atoms with Crippen molar-refractivity contribution in [3.63, 3.8) is 0 Å². The van der Waals surface area contributed by atoms with E-state index in [1.165, 1.54) is 35.2 Å². The molecule has 1 aliphatic rings. The highest BCUT2D eigenvalue weighted by Crippen LogP contribution is 2.29. The Morgan fingerprint density at radius 3 is 2.74 bits per heavy atom. The number of anilines is 1. The lowest BCUT2D eigenvalue weighted by molar-refractivity contribution is -0.119. The lowest BCUT2D eigenvalue weighted by atomic mass is 10.1. The number of thiophene rings is 1. The first-order chi connectivity index (χ1) is 13.1. The summed E-state index contributed by atoms with van der Waals surface area (Å²) in [6.45, 7) is -0.369. The Kier molecular flexibility index (Phi) is 6.24. The smallest absolute Gasteiger partial charge is 0.348 e. The van der Waals surface area contributed by atoms with Gasteiger partial charge in [0, 0.05) is 23.2 Å². The number of aryl methyl sites for hydroxylation is 2. The van der Waals surface area contributed by atoms with Crippen LogP contribution in [0.4, 0.5) is 5.69 Å². The van der Waals surface area contributed by atoms with Crippen molar-refractivity contribution in [2.45, 2.75) is 32.1 Å². The minimum Gasteiger partial charge on any atom is -0.451 e. The summed E-state index contributed by atoms with van der Waals surface area (Å²) < 4.78 is 5.15. The molecule has 1 aliphatic carbocycles. The van der Waals surface area contributed by atoms with Crippen molar-refractivity contribution in [1.82, 2.24) is 5.32 Å². The molecule has 2 N–H and O–H groups in total. The van der Waals surface area contributed by atoms with E-state index in [2.05, 4.69) is 10.6 Å². The van der Waals surface area contributed by atoms with Gasteiger partial charge < -0.3 is 15.4 Å². The van der Waals surface area contributed by atoms with Gasteiger partial charge >= 0.3 is 5.97 Å². The van der Waals surface area contributed by atoms with Crippen LogP contribution in [0.15, 0.2) is 30.3 Å². The zero-order valence-electron chi connectivity index (χ0n) is 15.2. The van der Waals surface area contributed by atoms with Gasteiger partial charge in [-0.05, 0) is 55.5 Å². The third-order valence-electron chi connectivity index (χ3n) is 4.42. The number of carbonyl (C=O) groups excluding carboxylic acids is 3. The zero-order valence-corrected chi connectivity index (χ0v) is 16.0. The molecule has 0 bridgehead atoms. The minimum atomic E-state index is -0.470. The maximum atomic E-state index is 12.2. The van der Waals surface area contributed by atoms with Gasteiger partial charge in [0.15, 0.2) is 6.61 Å². The van der Waals surface area contributed by atoms with E-state index in [0.717, 1.165) is 25.7 Å². The summed E-state index contributed by atoms with van der Waals surface area (Å²) in [5.74, 6) is -1.16. The summed E-state index contributed by atoms with van der Waals surface area (Å²) in [5, 5.41) is 5.16. The van der Waals surface area contributed by atoms with E-state index in [4.69, 9.17) is 4.74 Å². The Morgan fingerprint density at radius 2 is 1.93 bits per heavy atom. The zero-order chi connectivity index (χ0) is 19.2. The standard InChI is InChI=1S/C20H22N2O4S/c1-21-19(24)14-7-5-8-15(10-14)22-18(23)12-26-20(25)17-11-13-6-3-2-4-9-16(13)27-17/h5,7-8,10-11H,2-4,6,9,12H2,1H3,(H,21,24)(H,22,23). The number of amides is 2. The van der Waals surface area contributed by atoms with E-state index in [1.54, 1.807) is 24.3 Å². The van der Waals surface area contributed by atoms with Gasteiger partial charge in [-0.15, -0.1) is 11.3 Å². The normalized spacial score (nSPS) is 13.2. The number of benzene rings is 1. The van der Waals surface area contributed by atoms with Crippen LogP contribution in [0, 0.1) is 0 Å². The van der Waals surface area contributed by atoms with Crippen molar-refractivity contribution in [3.8, 4) is 0 Å². The Balaban J connectivity index is 1.55. The molecule has 1 heterocycles. The van der Waals surface area contributed by atoms with Crippen molar-refractivity contribution < 1.29 is 19.1 Å². The van der Waals surface area contributed by atoms with Crippen molar-refractivity contribution in [2.75, 3.05) is 19.0 Å². The summed E-state index contributed by atoms with van der Waals surface area (Å²) in [7, 11) is 1.54. The fourth-order valence-electron chi connectivity index (χ4n) is 3.05. The summed E-state index contributed by atoms with van der Waals surface area (Å²) in [6, 6.07) is 8.45. The molecule has 27 heavy (non-hydrogen) atoms. The van der Waals surface area contributed by atoms with Gasteiger partial charge in [-0.3, -0.25) is 9.59 Å². The van der Waals surface area contributed by atoms with Crippen molar-refractivity contribution in [2.24, 2.45) is 0 Å². The highest BCUT2D eigenvalue weighted by molar-refractivity contribution is 7.14. The molecule has 3 rings (SSSR count). The Bertz CT molecular complexity index is 836. The predicted molar refractivity (Wildman–Crippen MR) is 104 cm³/mol. The first kappa shape index (κ1) is 19.1. The van der Waals surface area contributed by atoms with E-state index in [9.17, 15) is 14.4 Å². The van der Waals surface area contributed by atoms with Gasteiger partial charge in [-0.25, -0.2) is 4.79 Å². The average molecular weight is 386 g/mol. The molecule has 2 amide bonds. The maximum Gasteiger partial charge on any atom is 0.348 e. The van der Waals surface area contributed by atoms with Crippen LogP contribution in [0.3, 0.4) is 0 Å². The number of fused-ring (bicyclic) bond motifs is 1. The molecule has 0 fully saturated rings. The topological polar surface area (TPSA) is 84.5 Å². The SMILES string of the molecule is CNC(=O)c1cccc(NC(=O)COC(=O)c2cc3c(s2)CCCCC3)c1. The molecule has 2 aromatic rings. The molecule has 6 nitrogen and oxygen atoms in total. The van der Waals surface area contributed by atoms with Crippen LogP contribution in [0.25, 0.3) is 0 Å². The number of nitrogens with one attached hydrogen (secondary N) is 2. The fourth-order valence-corrected chi connectivity index (χ4v) is 4.20. The number of carbonyl (C=O) groups is 3. The summed E-state index contributed by atoms with van der Waals surface area (Å²) >= 11 is 1.47. The second-order valence-electron chi connectivity index (χ2n) is 6.40. The van der Waals surface area contributed by atoms with E-state index in [1.807, 2.05) is 6.07 Å². The summed E-state index contributed by atoms with van der Waals surface area (Å²) in [4.78, 5) is 37.7. The first-order valence-electron chi connectivity index (χ1n) is 8.97. The van der Waals surface area contributed by atoms with Gasteiger partial charge in [0.25, 0.3) is 11.8 Å². The van der Waals surface area contributed by atoms with Crippen LogP contribution in [-0.4, -0.2) is 31.4 Å². The molecule has 0 spiro atoms. The van der Waals surface area contributed by atoms with Crippen LogP contribution >= 0.6 is 11.3 Å². The third-order valence-corrected chi connectivity index (χ3v) is 5.63. The van der Waals surface area contributed by atoms with Crippen LogP contribution in [-0.2, 0) is 22.4 Å². The van der Waals surface area contributed by atoms with Gasteiger partial charge in [0.1, 0.15) is 4.88 Å². The minimum absolute atomic E-state index is 0.241. The molecule has 0 aliphatic heterocycles. The van der Waals surface area contributed by atoms with Gasteiger partial charge in [-0.2, -0.15) is 0 Å². The van der Waals surface area contributed by atoms with Crippen LogP contribution in [0.2, 0.25) is 0 Å². The number of hydrogen-bond acceptors (Lipinski definition) is 5. The second-order valence-corrected chi connectivity index (χ2v) is 7.54. The molecule has 0 saturated heterocycles. The molecule has 1 aromatic heterocycles. The maximum absolute atomic E-state index is 12.2. The van der Waals surface area contributed by atoms with E-state index >= 15 is 0 Å². The molecule has 1 aromatic carbocycles. The molecule has 0 unspecified atom stereocenters. The Hall–Kier alpha value is -2.67. The molecule has 142 valence electrons. The molecule has 0 saturated carbocycles. The van der Waals surface area contributed by atoms with E-state index in [0.29, 0.717) is 16.1 Å². The quantitative estimate of drug-likeness (QED) is 0.611. The largest absolute Gasteiger partial charge is 0.451 e. The summed E-state index contributed by atoms with van der Waals surface area (Å²) in [5.41, 5.74) is 2.15. The second kappa shape index (κ2) is 8.81. The number of hydrogen-bond donors (Lipinski definition) is 2. The lowest BCUT2D eigenvalue weighted by Crippen LogP contribution is -2.21. The molecular weight excluding hydrogens is 364 g/mol. The highest BCUT2D eigenvalue weighted by Gasteiger charge is 2.18. The van der Waals surface area contributed by atoms with E-state index < -0.39 is 11.9 Å². The Labute approximate surface area is 161 Å². The average Bonchev–Trinajstić information content (AvgIpc) is 2.96. The highest BCUT2D eigenvalue weighted by atomic mass is 32.1. The monoisotopic (exact) mass is 386 g/mol. The Morgan fingerprint density at radius 1 is 1.11 bits per heavy atom. The van der Waals surface area contributed by atoms with Gasteiger partial charge in [0.2, 0.25) is 0 Å². The lowest BCUT2D eigenvalue weighted by Gasteiger charge is -2.07. The molecular formula is C20H22N2O4S. The number of rotatable bonds is 5. The molecule has 7 heteroatoms. The van der Waals surface area contributed by atoms with Crippen molar-refractivity contribution >= 4 is 34.8 Å². The van der Waals surface area contributed by atoms with Crippen molar-refractivity contribution in [3.05, 3.63) is 51.2 Å². The van der Waals surface area contributed by atoms with Crippen LogP contribution in [0.1, 0.15) is 49.7 Å². The number of ether oxygens (including phenoxy) is 1.